The molecular weight excluding hydrogens is 564 g/mol. The summed E-state index contributed by atoms with van der Waals surface area (Å²) in [6.07, 6.45) is 0. The number of ether oxygens (including phenoxy) is 1. The highest BCUT2D eigenvalue weighted by molar-refractivity contribution is 9.10. The van der Waals surface area contributed by atoms with Gasteiger partial charge >= 0.3 is 0 Å². The topological polar surface area (TPSA) is 73.9 Å². The molecule has 1 aliphatic rings. The van der Waals surface area contributed by atoms with Crippen molar-refractivity contribution in [3.05, 3.63) is 87.4 Å². The number of methoxy groups -OCH3 is 1. The number of para-hydroxylation sites is 2. The van der Waals surface area contributed by atoms with E-state index in [1.54, 1.807) is 42.5 Å². The first-order valence-electron chi connectivity index (χ1n) is 11.2. The van der Waals surface area contributed by atoms with E-state index in [2.05, 4.69) is 31.5 Å². The number of carbonyl (C=O) groups is 2. The number of benzene rings is 3. The Morgan fingerprint density at radius 1 is 1.00 bits per heavy atom. The van der Waals surface area contributed by atoms with Crippen molar-refractivity contribution in [3.63, 3.8) is 0 Å². The van der Waals surface area contributed by atoms with Crippen LogP contribution in [0.3, 0.4) is 0 Å². The average molecular weight is 588 g/mol. The number of hydrogen-bond acceptors (Lipinski definition) is 5. The Balaban J connectivity index is 1.39. The summed E-state index contributed by atoms with van der Waals surface area (Å²) in [7, 11) is 1.51. The number of anilines is 2. The molecule has 0 saturated carbocycles. The number of rotatable bonds is 5. The SMILES string of the molecule is COc1ccc(Br)cc1C(=O)NC(=S)Nc1ccccc1N1CCN(C(=O)c2ccc(Cl)cc2)CC1. The van der Waals surface area contributed by atoms with E-state index < -0.39 is 0 Å². The first kappa shape index (κ1) is 25.9. The van der Waals surface area contributed by atoms with Crippen molar-refractivity contribution in [1.82, 2.24) is 10.2 Å². The minimum atomic E-state index is -0.377. The number of nitrogens with zero attached hydrogens (tertiary/aromatic N) is 2. The van der Waals surface area contributed by atoms with Crippen molar-refractivity contribution in [2.75, 3.05) is 43.5 Å². The molecule has 3 aromatic rings. The van der Waals surface area contributed by atoms with Gasteiger partial charge < -0.3 is 19.9 Å². The van der Waals surface area contributed by atoms with E-state index in [0.29, 0.717) is 48.1 Å². The number of carbonyl (C=O) groups excluding carboxylic acids is 2. The van der Waals surface area contributed by atoms with Gasteiger partial charge in [0, 0.05) is 41.2 Å². The van der Waals surface area contributed by atoms with Gasteiger partial charge in [0.25, 0.3) is 11.8 Å². The fraction of sp³-hybridized carbons (Fsp3) is 0.192. The van der Waals surface area contributed by atoms with Crippen LogP contribution >= 0.6 is 39.7 Å². The lowest BCUT2D eigenvalue weighted by atomic mass is 10.1. The molecule has 3 aromatic carbocycles. The molecule has 2 amide bonds. The van der Waals surface area contributed by atoms with Crippen LogP contribution in [0.4, 0.5) is 11.4 Å². The molecule has 1 fully saturated rings. The highest BCUT2D eigenvalue weighted by atomic mass is 79.9. The smallest absolute Gasteiger partial charge is 0.261 e. The van der Waals surface area contributed by atoms with Gasteiger partial charge in [0.2, 0.25) is 0 Å². The quantitative estimate of drug-likeness (QED) is 0.400. The number of hydrogen-bond donors (Lipinski definition) is 2. The minimum Gasteiger partial charge on any atom is -0.496 e. The molecule has 0 bridgehead atoms. The van der Waals surface area contributed by atoms with Gasteiger partial charge in [0.05, 0.1) is 24.0 Å². The van der Waals surface area contributed by atoms with Crippen molar-refractivity contribution >= 4 is 68.1 Å². The molecule has 10 heteroatoms. The van der Waals surface area contributed by atoms with E-state index in [4.69, 9.17) is 28.6 Å². The van der Waals surface area contributed by atoms with Crippen LogP contribution in [0.2, 0.25) is 5.02 Å². The third kappa shape index (κ3) is 6.16. The number of amides is 2. The van der Waals surface area contributed by atoms with Crippen LogP contribution in [0.25, 0.3) is 0 Å². The molecule has 7 nitrogen and oxygen atoms in total. The molecule has 1 saturated heterocycles. The maximum Gasteiger partial charge on any atom is 0.261 e. The fourth-order valence-electron chi connectivity index (χ4n) is 3.96. The summed E-state index contributed by atoms with van der Waals surface area (Å²) in [5.74, 6) is 0.0620. The monoisotopic (exact) mass is 586 g/mol. The standard InChI is InChI=1S/C26H24BrClN4O3S/c1-35-23-11-8-18(27)16-20(23)24(33)30-26(36)29-21-4-2-3-5-22(21)31-12-14-32(15-13-31)25(34)17-6-9-19(28)10-7-17/h2-11,16H,12-15H2,1H3,(H2,29,30,33,36). The first-order chi connectivity index (χ1) is 17.4. The number of nitrogens with one attached hydrogen (secondary N) is 2. The summed E-state index contributed by atoms with van der Waals surface area (Å²) in [6, 6.07) is 19.9. The molecule has 0 aromatic heterocycles. The second-order valence-corrected chi connectivity index (χ2v) is 9.82. The minimum absolute atomic E-state index is 0.00964. The summed E-state index contributed by atoms with van der Waals surface area (Å²) in [6.45, 7) is 2.48. The Hall–Kier alpha value is -3.14. The lowest BCUT2D eigenvalue weighted by Gasteiger charge is -2.37. The predicted molar refractivity (Wildman–Crippen MR) is 150 cm³/mol. The summed E-state index contributed by atoms with van der Waals surface area (Å²) in [5.41, 5.74) is 2.69. The van der Waals surface area contributed by atoms with Gasteiger partial charge in [-0.3, -0.25) is 14.9 Å². The van der Waals surface area contributed by atoms with Crippen LogP contribution in [-0.4, -0.2) is 55.1 Å². The van der Waals surface area contributed by atoms with Crippen LogP contribution < -0.4 is 20.3 Å². The van der Waals surface area contributed by atoms with Crippen LogP contribution in [0.15, 0.2) is 71.2 Å². The Morgan fingerprint density at radius 2 is 1.69 bits per heavy atom. The molecular formula is C26H24BrClN4O3S. The Bertz CT molecular complexity index is 1280. The molecule has 0 aliphatic carbocycles. The van der Waals surface area contributed by atoms with Crippen molar-refractivity contribution in [2.24, 2.45) is 0 Å². The third-order valence-corrected chi connectivity index (χ3v) is 6.73. The zero-order chi connectivity index (χ0) is 25.7. The maximum absolute atomic E-state index is 12.8. The molecule has 1 heterocycles. The molecule has 4 rings (SSSR count). The first-order valence-corrected chi connectivity index (χ1v) is 12.8. The summed E-state index contributed by atoms with van der Waals surface area (Å²) in [5, 5.41) is 6.63. The van der Waals surface area contributed by atoms with Gasteiger partial charge in [-0.25, -0.2) is 0 Å². The largest absolute Gasteiger partial charge is 0.496 e. The summed E-state index contributed by atoms with van der Waals surface area (Å²) in [4.78, 5) is 29.7. The zero-order valence-corrected chi connectivity index (χ0v) is 22.6. The van der Waals surface area contributed by atoms with E-state index in [9.17, 15) is 9.59 Å². The van der Waals surface area contributed by atoms with E-state index in [0.717, 1.165) is 15.8 Å². The van der Waals surface area contributed by atoms with Gasteiger partial charge in [-0.05, 0) is 66.8 Å². The molecule has 0 unspecified atom stereocenters. The van der Waals surface area contributed by atoms with Crippen LogP contribution in [-0.2, 0) is 0 Å². The van der Waals surface area contributed by atoms with Gasteiger partial charge in [0.1, 0.15) is 5.75 Å². The molecule has 186 valence electrons. The second kappa shape index (κ2) is 11.7. The fourth-order valence-corrected chi connectivity index (χ4v) is 4.65. The third-order valence-electron chi connectivity index (χ3n) is 5.78. The summed E-state index contributed by atoms with van der Waals surface area (Å²) < 4.78 is 6.05. The molecule has 36 heavy (non-hydrogen) atoms. The van der Waals surface area contributed by atoms with Crippen LogP contribution in [0, 0.1) is 0 Å². The lowest BCUT2D eigenvalue weighted by molar-refractivity contribution is 0.0746. The number of piperazine rings is 1. The molecule has 0 radical (unpaired) electrons. The Kier molecular flexibility index (Phi) is 8.45. The normalized spacial score (nSPS) is 13.2. The van der Waals surface area contributed by atoms with Gasteiger partial charge in [-0.15, -0.1) is 0 Å². The second-order valence-electron chi connectivity index (χ2n) is 8.06. The van der Waals surface area contributed by atoms with Crippen LogP contribution in [0.5, 0.6) is 5.75 Å². The van der Waals surface area contributed by atoms with E-state index in [1.165, 1.54) is 7.11 Å². The van der Waals surface area contributed by atoms with E-state index in [1.807, 2.05) is 29.2 Å². The van der Waals surface area contributed by atoms with Crippen molar-refractivity contribution < 1.29 is 14.3 Å². The maximum atomic E-state index is 12.8. The number of halogens is 2. The lowest BCUT2D eigenvalue weighted by Crippen LogP contribution is -2.49. The van der Waals surface area contributed by atoms with Crippen LogP contribution in [0.1, 0.15) is 20.7 Å². The van der Waals surface area contributed by atoms with Crippen molar-refractivity contribution in [2.45, 2.75) is 0 Å². The van der Waals surface area contributed by atoms with Gasteiger partial charge in [-0.1, -0.05) is 39.7 Å². The molecule has 0 spiro atoms. The average Bonchev–Trinajstić information content (AvgIpc) is 2.89. The molecule has 0 atom stereocenters. The van der Waals surface area contributed by atoms with E-state index >= 15 is 0 Å². The Morgan fingerprint density at radius 3 is 2.39 bits per heavy atom. The van der Waals surface area contributed by atoms with Crippen molar-refractivity contribution in [1.29, 1.82) is 0 Å². The Labute approximate surface area is 228 Å². The van der Waals surface area contributed by atoms with Crippen molar-refractivity contribution in [3.8, 4) is 5.75 Å². The van der Waals surface area contributed by atoms with Gasteiger partial charge in [-0.2, -0.15) is 0 Å². The highest BCUT2D eigenvalue weighted by Gasteiger charge is 2.24. The molecule has 1 aliphatic heterocycles. The number of thiocarbonyl (C=S) groups is 1. The highest BCUT2D eigenvalue weighted by Crippen LogP contribution is 2.27. The zero-order valence-electron chi connectivity index (χ0n) is 19.5. The predicted octanol–water partition coefficient (Wildman–Crippen LogP) is 5.20. The van der Waals surface area contributed by atoms with Gasteiger partial charge in [0.15, 0.2) is 5.11 Å². The molecule has 2 N–H and O–H groups in total. The summed E-state index contributed by atoms with van der Waals surface area (Å²) >= 11 is 14.7. The van der Waals surface area contributed by atoms with E-state index in [-0.39, 0.29) is 16.9 Å².